The van der Waals surface area contributed by atoms with Crippen LogP contribution in [0.3, 0.4) is 0 Å². The maximum Gasteiger partial charge on any atom is 0.238 e. The van der Waals surface area contributed by atoms with Gasteiger partial charge in [-0.05, 0) is 18.7 Å². The summed E-state index contributed by atoms with van der Waals surface area (Å²) in [6.07, 6.45) is 0. The van der Waals surface area contributed by atoms with Gasteiger partial charge in [-0.3, -0.25) is 14.5 Å². The molecule has 21 heavy (non-hydrogen) atoms. The number of para-hydroxylation sites is 1. The van der Waals surface area contributed by atoms with Crippen LogP contribution in [-0.2, 0) is 9.59 Å². The van der Waals surface area contributed by atoms with Gasteiger partial charge >= 0.3 is 0 Å². The van der Waals surface area contributed by atoms with E-state index in [1.54, 1.807) is 43.3 Å². The number of benzene rings is 1. The molecule has 2 amide bonds. The summed E-state index contributed by atoms with van der Waals surface area (Å²) in [4.78, 5) is 26.9. The molecular formula is C15H20N4O2. The summed E-state index contributed by atoms with van der Waals surface area (Å²) in [6.45, 7) is 2.78. The lowest BCUT2D eigenvalue weighted by atomic mass is 10.2. The molecule has 0 radical (unpaired) electrons. The van der Waals surface area contributed by atoms with Crippen molar-refractivity contribution in [2.75, 3.05) is 39.0 Å². The summed E-state index contributed by atoms with van der Waals surface area (Å²) >= 11 is 0. The van der Waals surface area contributed by atoms with E-state index >= 15 is 0 Å². The van der Waals surface area contributed by atoms with Crippen LogP contribution in [0.15, 0.2) is 24.3 Å². The zero-order valence-corrected chi connectivity index (χ0v) is 12.6. The molecule has 1 aromatic carbocycles. The van der Waals surface area contributed by atoms with Gasteiger partial charge in [-0.25, -0.2) is 0 Å². The van der Waals surface area contributed by atoms with E-state index in [1.807, 2.05) is 13.0 Å². The Balaban J connectivity index is 2.63. The van der Waals surface area contributed by atoms with Crippen LogP contribution in [0.25, 0.3) is 0 Å². The Morgan fingerprint density at radius 2 is 1.90 bits per heavy atom. The number of anilines is 1. The summed E-state index contributed by atoms with van der Waals surface area (Å²) in [5.74, 6) is -0.298. The first-order chi connectivity index (χ1) is 9.97. The number of rotatable bonds is 6. The molecular weight excluding hydrogens is 268 g/mol. The average molecular weight is 288 g/mol. The summed E-state index contributed by atoms with van der Waals surface area (Å²) in [5.41, 5.74) is 0.901. The first-order valence-corrected chi connectivity index (χ1v) is 6.69. The maximum atomic E-state index is 12.0. The van der Waals surface area contributed by atoms with Crippen molar-refractivity contribution in [2.24, 2.45) is 0 Å². The molecule has 0 aliphatic rings. The maximum absolute atomic E-state index is 12.0. The van der Waals surface area contributed by atoms with E-state index < -0.39 is 0 Å². The van der Waals surface area contributed by atoms with E-state index in [0.717, 1.165) is 0 Å². The highest BCUT2D eigenvalue weighted by molar-refractivity contribution is 5.93. The summed E-state index contributed by atoms with van der Waals surface area (Å²) in [5, 5.41) is 11.7. The van der Waals surface area contributed by atoms with Crippen molar-refractivity contribution >= 4 is 17.5 Å². The molecule has 0 saturated carbocycles. The predicted octanol–water partition coefficient (Wildman–Crippen LogP) is 0.907. The van der Waals surface area contributed by atoms with Gasteiger partial charge in [0, 0.05) is 14.1 Å². The smallest absolute Gasteiger partial charge is 0.238 e. The molecule has 112 valence electrons. The fourth-order valence-electron chi connectivity index (χ4n) is 1.69. The number of carbonyl (C=O) groups is 2. The second-order valence-corrected chi connectivity index (χ2v) is 4.80. The quantitative estimate of drug-likeness (QED) is 0.844. The molecule has 0 bridgehead atoms. The molecule has 1 rings (SSSR count). The van der Waals surface area contributed by atoms with Gasteiger partial charge in [0.2, 0.25) is 11.8 Å². The third-order valence-corrected chi connectivity index (χ3v) is 2.99. The minimum Gasteiger partial charge on any atom is -0.348 e. The van der Waals surface area contributed by atoms with Crippen molar-refractivity contribution in [1.82, 2.24) is 9.80 Å². The van der Waals surface area contributed by atoms with Gasteiger partial charge in [-0.2, -0.15) is 5.26 Å². The predicted molar refractivity (Wildman–Crippen MR) is 80.6 cm³/mol. The molecule has 0 unspecified atom stereocenters. The van der Waals surface area contributed by atoms with Gasteiger partial charge in [-0.15, -0.1) is 0 Å². The zero-order chi connectivity index (χ0) is 15.8. The lowest BCUT2D eigenvalue weighted by molar-refractivity contribution is -0.130. The highest BCUT2D eigenvalue weighted by atomic mass is 16.2. The Hall–Kier alpha value is -2.39. The fourth-order valence-corrected chi connectivity index (χ4v) is 1.69. The second kappa shape index (κ2) is 8.02. The molecule has 0 fully saturated rings. The van der Waals surface area contributed by atoms with Gasteiger partial charge in [-0.1, -0.05) is 19.1 Å². The molecule has 0 aliphatic carbocycles. The summed E-state index contributed by atoms with van der Waals surface area (Å²) in [7, 11) is 3.36. The van der Waals surface area contributed by atoms with E-state index in [1.165, 1.54) is 4.90 Å². The number of carbonyl (C=O) groups excluding carboxylic acids is 2. The molecule has 0 aliphatic heterocycles. The molecule has 6 nitrogen and oxygen atoms in total. The number of nitrogens with zero attached hydrogens (tertiary/aromatic N) is 3. The molecule has 1 N–H and O–H groups in total. The fraction of sp³-hybridized carbons (Fsp3) is 0.400. The van der Waals surface area contributed by atoms with Gasteiger partial charge in [0.25, 0.3) is 0 Å². The van der Waals surface area contributed by atoms with Crippen LogP contribution in [-0.4, -0.2) is 55.3 Å². The number of nitrogens with one attached hydrogen (secondary N) is 1. The first kappa shape index (κ1) is 16.7. The standard InChI is InChI=1S/C15H20N4O2/c1-4-19(11-15(21)18(2)3)10-14(20)17-13-8-6-5-7-12(13)9-16/h5-8H,4,10-11H2,1-3H3,(H,17,20). The van der Waals surface area contributed by atoms with Crippen molar-refractivity contribution < 1.29 is 9.59 Å². The van der Waals surface area contributed by atoms with Crippen molar-refractivity contribution in [3.8, 4) is 6.07 Å². The number of amides is 2. The van der Waals surface area contributed by atoms with Gasteiger partial charge in [0.1, 0.15) is 6.07 Å². The molecule has 0 aromatic heterocycles. The minimum atomic E-state index is -0.244. The number of nitriles is 1. The van der Waals surface area contributed by atoms with Crippen molar-refractivity contribution in [3.63, 3.8) is 0 Å². The highest BCUT2D eigenvalue weighted by Gasteiger charge is 2.15. The Bertz CT molecular complexity index is 549. The van der Waals surface area contributed by atoms with Crippen LogP contribution in [0.5, 0.6) is 0 Å². The molecule has 0 atom stereocenters. The van der Waals surface area contributed by atoms with Crippen LogP contribution in [0, 0.1) is 11.3 Å². The zero-order valence-electron chi connectivity index (χ0n) is 12.6. The molecule has 6 heteroatoms. The number of hydrogen-bond donors (Lipinski definition) is 1. The number of likely N-dealkylation sites (N-methyl/N-ethyl adjacent to an activating group) is 2. The Kier molecular flexibility index (Phi) is 6.37. The van der Waals surface area contributed by atoms with Crippen molar-refractivity contribution in [1.29, 1.82) is 5.26 Å². The Morgan fingerprint density at radius 3 is 2.48 bits per heavy atom. The van der Waals surface area contributed by atoms with Crippen LogP contribution in [0.1, 0.15) is 12.5 Å². The van der Waals surface area contributed by atoms with Gasteiger partial charge < -0.3 is 10.2 Å². The van der Waals surface area contributed by atoms with Crippen LogP contribution < -0.4 is 5.32 Å². The average Bonchev–Trinajstić information content (AvgIpc) is 2.46. The molecule has 0 saturated heterocycles. The Labute approximate surface area is 125 Å². The lowest BCUT2D eigenvalue weighted by Gasteiger charge is -2.21. The highest BCUT2D eigenvalue weighted by Crippen LogP contribution is 2.13. The third kappa shape index (κ3) is 5.24. The Morgan fingerprint density at radius 1 is 1.24 bits per heavy atom. The first-order valence-electron chi connectivity index (χ1n) is 6.69. The molecule has 1 aromatic rings. The van der Waals surface area contributed by atoms with Crippen LogP contribution >= 0.6 is 0 Å². The molecule has 0 spiro atoms. The van der Waals surface area contributed by atoms with E-state index in [4.69, 9.17) is 5.26 Å². The number of hydrogen-bond acceptors (Lipinski definition) is 4. The lowest BCUT2D eigenvalue weighted by Crippen LogP contribution is -2.40. The summed E-state index contributed by atoms with van der Waals surface area (Å²) < 4.78 is 0. The van der Waals surface area contributed by atoms with Crippen molar-refractivity contribution in [3.05, 3.63) is 29.8 Å². The van der Waals surface area contributed by atoms with E-state index in [2.05, 4.69) is 5.32 Å². The van der Waals surface area contributed by atoms with Crippen LogP contribution in [0.2, 0.25) is 0 Å². The normalized spacial score (nSPS) is 10.0. The van der Waals surface area contributed by atoms with Gasteiger partial charge in [0.15, 0.2) is 0 Å². The monoisotopic (exact) mass is 288 g/mol. The third-order valence-electron chi connectivity index (χ3n) is 2.99. The SMILES string of the molecule is CCN(CC(=O)Nc1ccccc1C#N)CC(=O)N(C)C. The topological polar surface area (TPSA) is 76.4 Å². The van der Waals surface area contributed by atoms with Gasteiger partial charge in [0.05, 0.1) is 24.3 Å². The summed E-state index contributed by atoms with van der Waals surface area (Å²) in [6, 6.07) is 8.84. The van der Waals surface area contributed by atoms with Crippen molar-refractivity contribution in [2.45, 2.75) is 6.92 Å². The van der Waals surface area contributed by atoms with E-state index in [-0.39, 0.29) is 24.9 Å². The van der Waals surface area contributed by atoms with Crippen LogP contribution in [0.4, 0.5) is 5.69 Å². The minimum absolute atomic E-state index is 0.0536. The second-order valence-electron chi connectivity index (χ2n) is 4.80. The molecule has 0 heterocycles. The van der Waals surface area contributed by atoms with E-state index in [9.17, 15) is 9.59 Å². The van der Waals surface area contributed by atoms with E-state index in [0.29, 0.717) is 17.8 Å². The largest absolute Gasteiger partial charge is 0.348 e.